The van der Waals surface area contributed by atoms with E-state index in [0.717, 1.165) is 5.92 Å². The Morgan fingerprint density at radius 3 is 2.69 bits per heavy atom. The van der Waals surface area contributed by atoms with E-state index in [4.69, 9.17) is 4.74 Å². The van der Waals surface area contributed by atoms with Gasteiger partial charge in [0.1, 0.15) is 6.61 Å². The molecule has 1 rings (SSSR count). The topological polar surface area (TPSA) is 26.3 Å². The maximum absolute atomic E-state index is 10.4. The summed E-state index contributed by atoms with van der Waals surface area (Å²) in [7, 11) is 0. The van der Waals surface area contributed by atoms with E-state index >= 15 is 0 Å². The van der Waals surface area contributed by atoms with Crippen molar-refractivity contribution in [2.24, 2.45) is 5.92 Å². The first-order valence-electron chi connectivity index (χ1n) is 5.09. The summed E-state index contributed by atoms with van der Waals surface area (Å²) in [6.07, 6.45) is 10.9. The van der Waals surface area contributed by atoms with Gasteiger partial charge in [-0.1, -0.05) is 31.4 Å². The zero-order valence-electron chi connectivity index (χ0n) is 8.29. The largest absolute Gasteiger partial charge is 0.462 e. The van der Waals surface area contributed by atoms with Crippen LogP contribution in [0.3, 0.4) is 0 Å². The average Bonchev–Trinajstić information content (AvgIpc) is 2.14. The number of carbonyl (C=O) groups is 1. The summed E-state index contributed by atoms with van der Waals surface area (Å²) >= 11 is 0. The standard InChI is InChI=1S/C11H18O2/c1-10(12)13-9-5-8-11-6-3-2-4-7-11/h5,8,11H,2-4,6-7,9H2,1H3/b8-5+. The third kappa shape index (κ3) is 4.71. The Morgan fingerprint density at radius 1 is 1.38 bits per heavy atom. The van der Waals surface area contributed by atoms with Gasteiger partial charge < -0.3 is 4.74 Å². The number of carbonyl (C=O) groups excluding carboxylic acids is 1. The second-order valence-electron chi connectivity index (χ2n) is 3.63. The fourth-order valence-electron chi connectivity index (χ4n) is 1.74. The van der Waals surface area contributed by atoms with Crippen molar-refractivity contribution in [3.05, 3.63) is 12.2 Å². The summed E-state index contributed by atoms with van der Waals surface area (Å²) < 4.78 is 4.81. The number of esters is 1. The van der Waals surface area contributed by atoms with Crippen molar-refractivity contribution >= 4 is 5.97 Å². The zero-order valence-corrected chi connectivity index (χ0v) is 8.29. The summed E-state index contributed by atoms with van der Waals surface area (Å²) in [4.78, 5) is 10.4. The van der Waals surface area contributed by atoms with Crippen molar-refractivity contribution in [2.45, 2.75) is 39.0 Å². The third-order valence-corrected chi connectivity index (χ3v) is 2.44. The normalized spacial score (nSPS) is 19.2. The van der Waals surface area contributed by atoms with Gasteiger partial charge in [0, 0.05) is 6.92 Å². The lowest BCUT2D eigenvalue weighted by atomic mass is 9.89. The predicted molar refractivity (Wildman–Crippen MR) is 52.3 cm³/mol. The Hall–Kier alpha value is -0.790. The van der Waals surface area contributed by atoms with Crippen LogP contribution >= 0.6 is 0 Å². The van der Waals surface area contributed by atoms with Crippen molar-refractivity contribution in [3.8, 4) is 0 Å². The van der Waals surface area contributed by atoms with Gasteiger partial charge in [0.25, 0.3) is 0 Å². The SMILES string of the molecule is CC(=O)OC/C=C/C1CCCCC1. The molecule has 0 amide bonds. The van der Waals surface area contributed by atoms with E-state index in [1.807, 2.05) is 6.08 Å². The Labute approximate surface area is 80.0 Å². The van der Waals surface area contributed by atoms with Gasteiger partial charge in [0.2, 0.25) is 0 Å². The summed E-state index contributed by atoms with van der Waals surface area (Å²) in [6, 6.07) is 0. The molecular formula is C11H18O2. The molecule has 0 spiro atoms. The summed E-state index contributed by atoms with van der Waals surface area (Å²) in [6.45, 7) is 1.88. The molecule has 0 unspecified atom stereocenters. The smallest absolute Gasteiger partial charge is 0.302 e. The van der Waals surface area contributed by atoms with Gasteiger partial charge >= 0.3 is 5.97 Å². The lowest BCUT2D eigenvalue weighted by Gasteiger charge is -2.17. The van der Waals surface area contributed by atoms with Crippen LogP contribution in [0.1, 0.15) is 39.0 Å². The molecule has 0 aromatic rings. The molecule has 1 aliphatic rings. The van der Waals surface area contributed by atoms with Gasteiger partial charge in [-0.2, -0.15) is 0 Å². The lowest BCUT2D eigenvalue weighted by molar-refractivity contribution is -0.139. The molecule has 0 aromatic heterocycles. The number of allylic oxidation sites excluding steroid dienone is 1. The number of ether oxygens (including phenoxy) is 1. The molecule has 2 nitrogen and oxygen atoms in total. The molecule has 2 heteroatoms. The van der Waals surface area contributed by atoms with Crippen LogP contribution in [0, 0.1) is 5.92 Å². The average molecular weight is 182 g/mol. The highest BCUT2D eigenvalue weighted by Crippen LogP contribution is 2.24. The molecule has 1 saturated carbocycles. The molecule has 0 aromatic carbocycles. The first-order chi connectivity index (χ1) is 6.29. The van der Waals surface area contributed by atoms with Crippen LogP contribution in [0.25, 0.3) is 0 Å². The summed E-state index contributed by atoms with van der Waals surface area (Å²) in [5, 5.41) is 0. The van der Waals surface area contributed by atoms with E-state index in [1.165, 1.54) is 39.0 Å². The third-order valence-electron chi connectivity index (χ3n) is 2.44. The highest BCUT2D eigenvalue weighted by Gasteiger charge is 2.09. The molecule has 13 heavy (non-hydrogen) atoms. The molecule has 1 fully saturated rings. The fraction of sp³-hybridized carbons (Fsp3) is 0.727. The minimum Gasteiger partial charge on any atom is -0.462 e. The van der Waals surface area contributed by atoms with Crippen LogP contribution in [0.15, 0.2) is 12.2 Å². The van der Waals surface area contributed by atoms with Gasteiger partial charge in [-0.25, -0.2) is 0 Å². The van der Waals surface area contributed by atoms with Crippen LogP contribution < -0.4 is 0 Å². The van der Waals surface area contributed by atoms with Crippen molar-refractivity contribution < 1.29 is 9.53 Å². The van der Waals surface area contributed by atoms with Crippen molar-refractivity contribution in [1.29, 1.82) is 0 Å². The Balaban J connectivity index is 2.11. The summed E-state index contributed by atoms with van der Waals surface area (Å²) in [5.41, 5.74) is 0. The lowest BCUT2D eigenvalue weighted by Crippen LogP contribution is -2.03. The maximum Gasteiger partial charge on any atom is 0.302 e. The van der Waals surface area contributed by atoms with Crippen LogP contribution in [0.2, 0.25) is 0 Å². The van der Waals surface area contributed by atoms with Crippen LogP contribution in [0.4, 0.5) is 0 Å². The molecule has 0 saturated heterocycles. The second kappa shape index (κ2) is 5.79. The maximum atomic E-state index is 10.4. The van der Waals surface area contributed by atoms with E-state index in [1.54, 1.807) is 0 Å². The second-order valence-corrected chi connectivity index (χ2v) is 3.63. The molecule has 0 aliphatic heterocycles. The first kappa shape index (κ1) is 10.3. The molecule has 0 bridgehead atoms. The van der Waals surface area contributed by atoms with Crippen molar-refractivity contribution in [3.63, 3.8) is 0 Å². The molecular weight excluding hydrogens is 164 g/mol. The molecule has 1 aliphatic carbocycles. The molecule has 74 valence electrons. The Kier molecular flexibility index (Phi) is 4.58. The van der Waals surface area contributed by atoms with E-state index in [-0.39, 0.29) is 5.97 Å². The number of rotatable bonds is 3. The van der Waals surface area contributed by atoms with Gasteiger partial charge in [-0.05, 0) is 18.8 Å². The predicted octanol–water partition coefficient (Wildman–Crippen LogP) is 2.69. The van der Waals surface area contributed by atoms with Gasteiger partial charge in [-0.3, -0.25) is 4.79 Å². The quantitative estimate of drug-likeness (QED) is 0.495. The van der Waals surface area contributed by atoms with Crippen molar-refractivity contribution in [2.75, 3.05) is 6.61 Å². The van der Waals surface area contributed by atoms with Gasteiger partial charge in [0.15, 0.2) is 0 Å². The zero-order chi connectivity index (χ0) is 9.52. The monoisotopic (exact) mass is 182 g/mol. The van der Waals surface area contributed by atoms with E-state index in [0.29, 0.717) is 6.61 Å². The van der Waals surface area contributed by atoms with Gasteiger partial charge in [-0.15, -0.1) is 0 Å². The van der Waals surface area contributed by atoms with E-state index in [9.17, 15) is 4.79 Å². The fourth-order valence-corrected chi connectivity index (χ4v) is 1.74. The van der Waals surface area contributed by atoms with E-state index < -0.39 is 0 Å². The molecule has 0 radical (unpaired) electrons. The van der Waals surface area contributed by atoms with Crippen LogP contribution in [0.5, 0.6) is 0 Å². The highest BCUT2D eigenvalue weighted by molar-refractivity contribution is 5.65. The summed E-state index contributed by atoms with van der Waals surface area (Å²) in [5.74, 6) is 0.526. The van der Waals surface area contributed by atoms with Crippen LogP contribution in [-0.2, 0) is 9.53 Å². The minimum absolute atomic E-state index is 0.201. The Morgan fingerprint density at radius 2 is 2.08 bits per heavy atom. The Bertz CT molecular complexity index is 179. The van der Waals surface area contributed by atoms with Crippen molar-refractivity contribution in [1.82, 2.24) is 0 Å². The number of hydrogen-bond donors (Lipinski definition) is 0. The first-order valence-corrected chi connectivity index (χ1v) is 5.09. The molecule has 0 heterocycles. The highest BCUT2D eigenvalue weighted by atomic mass is 16.5. The molecule has 0 atom stereocenters. The van der Waals surface area contributed by atoms with Crippen LogP contribution in [-0.4, -0.2) is 12.6 Å². The number of hydrogen-bond acceptors (Lipinski definition) is 2. The molecule has 0 N–H and O–H groups in total. The minimum atomic E-state index is -0.201. The van der Waals surface area contributed by atoms with E-state index in [2.05, 4.69) is 6.08 Å². The van der Waals surface area contributed by atoms with Gasteiger partial charge in [0.05, 0.1) is 0 Å².